The molecule has 1 fully saturated rings. The fourth-order valence-corrected chi connectivity index (χ4v) is 7.84. The molecule has 1 aliphatic carbocycles. The van der Waals surface area contributed by atoms with Crippen LogP contribution >= 0.6 is 28.7 Å². The molecule has 0 radical (unpaired) electrons. The molecule has 4 aromatic rings. The first kappa shape index (κ1) is 37.8. The number of alkyl halides is 3. The van der Waals surface area contributed by atoms with Crippen LogP contribution in [0.1, 0.15) is 25.0 Å². The quantitative estimate of drug-likeness (QED) is 0.117. The lowest BCUT2D eigenvalue weighted by molar-refractivity contribution is -0.147. The van der Waals surface area contributed by atoms with Crippen molar-refractivity contribution >= 4 is 57.4 Å². The average molecular weight is 740 g/mol. The summed E-state index contributed by atoms with van der Waals surface area (Å²) in [6, 6.07) is 22.7. The third-order valence-corrected chi connectivity index (χ3v) is 14.0. The normalized spacial score (nSPS) is 17.4. The fraction of sp³-hybridized carbons (Fsp3) is 0.333. The van der Waals surface area contributed by atoms with Crippen LogP contribution < -0.4 is 5.56 Å². The maximum absolute atomic E-state index is 12.7. The monoisotopic (exact) mass is 739 g/mol. The maximum Gasteiger partial charge on any atom is 0.426 e. The molecule has 48 heavy (non-hydrogen) atoms. The molecule has 0 saturated heterocycles. The molecule has 1 aromatic heterocycles. The summed E-state index contributed by atoms with van der Waals surface area (Å²) in [6.07, 6.45) is -3.68. The van der Waals surface area contributed by atoms with Gasteiger partial charge in [-0.05, 0) is 75.8 Å². The van der Waals surface area contributed by atoms with Gasteiger partial charge in [0.1, 0.15) is 23.0 Å². The Bertz CT molecular complexity index is 1900. The first-order chi connectivity index (χ1) is 22.6. The average Bonchev–Trinajstić information content (AvgIpc) is 3.62. The Morgan fingerprint density at radius 2 is 1.71 bits per heavy atom. The summed E-state index contributed by atoms with van der Waals surface area (Å²) in [7, 11) is 2.98. The molecule has 0 bridgehead atoms. The smallest absolute Gasteiger partial charge is 0.426 e. The van der Waals surface area contributed by atoms with Crippen LogP contribution in [0.2, 0.25) is 0 Å². The van der Waals surface area contributed by atoms with Gasteiger partial charge < -0.3 is 13.8 Å². The van der Waals surface area contributed by atoms with E-state index in [0.717, 1.165) is 28.3 Å². The minimum Gasteiger partial charge on any atom is -0.461 e. The molecule has 1 aliphatic rings. The lowest BCUT2D eigenvalue weighted by atomic mass is 9.97. The summed E-state index contributed by atoms with van der Waals surface area (Å²) in [6.45, 7) is 5.51. The standard InChI is InChI=1S/C23H22ClF3O2.C10H12N3O3PS2/c1-14-16(10-7-11-17(14)15-8-5-4-6-9-15)13-29-21(28)20-18(22(20,2)3)12-19(24)23(25,26)27;1-15-17(18,16-2)19-7-13-10(14)8-5-3-4-6-9(8)11-12-13/h4-12,18,20H,13H2,1-3H3;3-6H,7H2,1-2H3/b19-12-;. The number of esters is 1. The van der Waals surface area contributed by atoms with Crippen molar-refractivity contribution < 1.29 is 31.8 Å². The van der Waals surface area contributed by atoms with E-state index >= 15 is 0 Å². The van der Waals surface area contributed by atoms with Gasteiger partial charge in [-0.2, -0.15) is 17.9 Å². The molecule has 0 aliphatic heterocycles. The lowest BCUT2D eigenvalue weighted by Gasteiger charge is -2.16. The summed E-state index contributed by atoms with van der Waals surface area (Å²) in [4.78, 5) is 24.7. The first-order valence-electron chi connectivity index (χ1n) is 14.6. The number of nitrogens with zero attached hydrogens (tertiary/aromatic N) is 3. The highest BCUT2D eigenvalue weighted by Crippen LogP contribution is 2.61. The zero-order chi connectivity index (χ0) is 35.3. The number of carbonyl (C=O) groups excluding carboxylic acids is 1. The Labute approximate surface area is 290 Å². The second-order valence-corrected chi connectivity index (χ2v) is 18.3. The number of fused-ring (bicyclic) bond motifs is 1. The Morgan fingerprint density at radius 3 is 2.35 bits per heavy atom. The van der Waals surface area contributed by atoms with E-state index < -0.39 is 40.1 Å². The molecule has 3 aromatic carbocycles. The van der Waals surface area contributed by atoms with Gasteiger partial charge in [-0.1, -0.05) is 97.4 Å². The van der Waals surface area contributed by atoms with E-state index in [-0.39, 0.29) is 18.0 Å². The van der Waals surface area contributed by atoms with Crippen LogP contribution in [-0.2, 0) is 42.9 Å². The molecular weight excluding hydrogens is 706 g/mol. The van der Waals surface area contributed by atoms with Crippen molar-refractivity contribution in [1.29, 1.82) is 0 Å². The second-order valence-electron chi connectivity index (χ2n) is 11.4. The molecule has 1 saturated carbocycles. The van der Waals surface area contributed by atoms with E-state index in [1.165, 1.54) is 30.3 Å². The summed E-state index contributed by atoms with van der Waals surface area (Å²) in [5.74, 6) is -1.50. The van der Waals surface area contributed by atoms with E-state index in [0.29, 0.717) is 10.9 Å². The van der Waals surface area contributed by atoms with Gasteiger partial charge in [0.15, 0.2) is 0 Å². The van der Waals surface area contributed by atoms with Crippen molar-refractivity contribution in [3.63, 3.8) is 0 Å². The zero-order valence-electron chi connectivity index (χ0n) is 26.7. The minimum absolute atomic E-state index is 0.0708. The van der Waals surface area contributed by atoms with Crippen LogP contribution in [0.4, 0.5) is 13.2 Å². The number of carbonyl (C=O) groups is 1. The number of benzene rings is 3. The van der Waals surface area contributed by atoms with E-state index in [4.69, 9.17) is 37.2 Å². The third kappa shape index (κ3) is 8.94. The molecule has 256 valence electrons. The number of halogens is 4. The molecule has 15 heteroatoms. The SMILES string of the molecule is COP(=S)(OC)SCn1nnc2ccccc2c1=O.Cc1c(COC(=O)C2C(/C=C(\Cl)C(F)(F)F)C2(C)C)cccc1-c1ccccc1. The number of ether oxygens (including phenoxy) is 1. The van der Waals surface area contributed by atoms with Crippen molar-refractivity contribution in [3.8, 4) is 11.1 Å². The fourth-order valence-electron chi connectivity index (χ4n) is 5.11. The highest BCUT2D eigenvalue weighted by molar-refractivity contribution is 8.67. The van der Waals surface area contributed by atoms with Crippen LogP contribution in [0, 0.1) is 24.2 Å². The maximum atomic E-state index is 12.7. The Kier molecular flexibility index (Phi) is 12.3. The largest absolute Gasteiger partial charge is 0.461 e. The number of hydrogen-bond donors (Lipinski definition) is 0. The van der Waals surface area contributed by atoms with E-state index in [1.807, 2.05) is 61.5 Å². The number of allylic oxidation sites excluding steroid dienone is 2. The van der Waals surface area contributed by atoms with Gasteiger partial charge in [0.25, 0.3) is 5.56 Å². The second kappa shape index (κ2) is 15.7. The predicted octanol–water partition coefficient (Wildman–Crippen LogP) is 8.66. The van der Waals surface area contributed by atoms with Crippen molar-refractivity contribution in [2.75, 3.05) is 14.2 Å². The molecule has 2 unspecified atom stereocenters. The van der Waals surface area contributed by atoms with Crippen molar-refractivity contribution in [3.05, 3.63) is 105 Å². The van der Waals surface area contributed by atoms with E-state index in [2.05, 4.69) is 10.3 Å². The highest BCUT2D eigenvalue weighted by atomic mass is 35.5. The summed E-state index contributed by atoms with van der Waals surface area (Å²) >= 11 is 11.8. The third-order valence-electron chi connectivity index (χ3n) is 8.08. The van der Waals surface area contributed by atoms with Gasteiger partial charge in [0, 0.05) is 14.2 Å². The molecule has 1 heterocycles. The molecule has 0 N–H and O–H groups in total. The Morgan fingerprint density at radius 1 is 1.06 bits per heavy atom. The summed E-state index contributed by atoms with van der Waals surface area (Å²) in [5.41, 5.74) is 1.31. The minimum atomic E-state index is -4.61. The molecular formula is C33H34ClF3N3O5PS2. The summed E-state index contributed by atoms with van der Waals surface area (Å²) in [5, 5.41) is 7.19. The first-order valence-corrected chi connectivity index (χ1v) is 19.2. The molecule has 8 nitrogen and oxygen atoms in total. The van der Waals surface area contributed by atoms with Gasteiger partial charge in [0.05, 0.1) is 11.3 Å². The summed E-state index contributed by atoms with van der Waals surface area (Å²) < 4.78 is 55.1. The molecule has 0 spiro atoms. The van der Waals surface area contributed by atoms with Crippen LogP contribution in [0.25, 0.3) is 22.0 Å². The molecule has 2 atom stereocenters. The van der Waals surface area contributed by atoms with Crippen LogP contribution in [-0.4, -0.2) is 41.4 Å². The van der Waals surface area contributed by atoms with Crippen molar-refractivity contribution in [1.82, 2.24) is 15.0 Å². The highest BCUT2D eigenvalue weighted by Gasteiger charge is 2.62. The van der Waals surface area contributed by atoms with Gasteiger partial charge in [-0.3, -0.25) is 9.59 Å². The molecule has 0 amide bonds. The van der Waals surface area contributed by atoms with Crippen LogP contribution in [0.3, 0.4) is 0 Å². The molecule has 5 rings (SSSR count). The number of hydrogen-bond acceptors (Lipinski definition) is 9. The lowest BCUT2D eigenvalue weighted by Crippen LogP contribution is -2.23. The zero-order valence-corrected chi connectivity index (χ0v) is 30.0. The Balaban J connectivity index is 0.000000237. The number of aromatic nitrogens is 3. The van der Waals surface area contributed by atoms with Crippen molar-refractivity contribution in [2.24, 2.45) is 17.3 Å². The van der Waals surface area contributed by atoms with E-state index in [9.17, 15) is 22.8 Å². The van der Waals surface area contributed by atoms with Gasteiger partial charge in [-0.15, -0.1) is 5.10 Å². The van der Waals surface area contributed by atoms with Crippen molar-refractivity contribution in [2.45, 2.75) is 39.4 Å². The van der Waals surface area contributed by atoms with Gasteiger partial charge >= 0.3 is 12.1 Å². The number of rotatable bonds is 10. The predicted molar refractivity (Wildman–Crippen MR) is 187 cm³/mol. The van der Waals surface area contributed by atoms with Gasteiger partial charge in [0.2, 0.25) is 5.69 Å². The Hall–Kier alpha value is -3.06. The van der Waals surface area contributed by atoms with Gasteiger partial charge in [-0.25, -0.2) is 0 Å². The van der Waals surface area contributed by atoms with E-state index in [1.54, 1.807) is 32.0 Å². The van der Waals surface area contributed by atoms with Crippen LogP contribution in [0.5, 0.6) is 0 Å². The van der Waals surface area contributed by atoms with Crippen LogP contribution in [0.15, 0.2) is 88.7 Å². The topological polar surface area (TPSA) is 92.5 Å².